The van der Waals surface area contributed by atoms with Gasteiger partial charge in [0.05, 0.1) is 5.52 Å². The van der Waals surface area contributed by atoms with Crippen molar-refractivity contribution in [2.75, 3.05) is 0 Å². The second-order valence-corrected chi connectivity index (χ2v) is 11.7. The summed E-state index contributed by atoms with van der Waals surface area (Å²) in [6.45, 7) is 9.57. The van der Waals surface area contributed by atoms with Crippen molar-refractivity contribution >= 4 is 50.9 Å². The van der Waals surface area contributed by atoms with E-state index < -0.39 is 8.07 Å². The molecule has 0 atom stereocenters. The van der Waals surface area contributed by atoms with Crippen LogP contribution in [0.15, 0.2) is 42.6 Å². The van der Waals surface area contributed by atoms with Gasteiger partial charge in [-0.25, -0.2) is 0 Å². The molecule has 2 heterocycles. The van der Waals surface area contributed by atoms with E-state index in [1.807, 2.05) is 6.20 Å². The molecule has 0 N–H and O–H groups in total. The molecule has 0 radical (unpaired) electrons. The van der Waals surface area contributed by atoms with Crippen LogP contribution in [-0.2, 0) is 0 Å². The Hall–Kier alpha value is -2.19. The van der Waals surface area contributed by atoms with Crippen molar-refractivity contribution in [3.05, 3.63) is 53.7 Å². The van der Waals surface area contributed by atoms with Gasteiger partial charge < -0.3 is 0 Å². The number of rotatable bonds is 0. The van der Waals surface area contributed by atoms with Crippen LogP contribution in [0.1, 0.15) is 11.1 Å². The quantitative estimate of drug-likeness (QED) is 0.348. The second-order valence-electron chi connectivity index (χ2n) is 7.37. The molecular weight excluding hydrogens is 294 g/mol. The van der Waals surface area contributed by atoms with Crippen molar-refractivity contribution in [1.82, 2.24) is 4.98 Å². The van der Waals surface area contributed by atoms with E-state index in [-0.39, 0.29) is 0 Å². The Labute approximate surface area is 137 Å². The van der Waals surface area contributed by atoms with Gasteiger partial charge in [-0.2, -0.15) is 0 Å². The van der Waals surface area contributed by atoms with Gasteiger partial charge in [0.2, 0.25) is 0 Å². The average molecular weight is 313 g/mol. The lowest BCUT2D eigenvalue weighted by atomic mass is 9.94. The Morgan fingerprint density at radius 1 is 0.870 bits per heavy atom. The number of hydrogen-bond donors (Lipinski definition) is 0. The monoisotopic (exact) mass is 313 g/mol. The smallest absolute Gasteiger partial charge is 0.114 e. The van der Waals surface area contributed by atoms with Gasteiger partial charge in [-0.1, -0.05) is 43.4 Å². The summed E-state index contributed by atoms with van der Waals surface area (Å²) < 4.78 is 0. The summed E-state index contributed by atoms with van der Waals surface area (Å²) in [5, 5.41) is 10.2. The summed E-state index contributed by atoms with van der Waals surface area (Å²) in [7, 11) is -1.65. The summed E-state index contributed by atoms with van der Waals surface area (Å²) >= 11 is 0. The maximum atomic E-state index is 4.74. The predicted octanol–water partition coefficient (Wildman–Crippen LogP) is 4.29. The molecule has 23 heavy (non-hydrogen) atoms. The Bertz CT molecular complexity index is 1160. The third kappa shape index (κ3) is 1.41. The number of hydrogen-bond acceptors (Lipinski definition) is 1. The minimum absolute atomic E-state index is 1.15. The maximum absolute atomic E-state index is 4.74. The number of aromatic nitrogens is 1. The van der Waals surface area contributed by atoms with Crippen molar-refractivity contribution in [1.29, 1.82) is 0 Å². The highest BCUT2D eigenvalue weighted by atomic mass is 28.3. The van der Waals surface area contributed by atoms with Crippen LogP contribution in [0.5, 0.6) is 0 Å². The van der Waals surface area contributed by atoms with Gasteiger partial charge in [0.15, 0.2) is 0 Å². The molecule has 112 valence electrons. The molecule has 4 aromatic rings. The van der Waals surface area contributed by atoms with Gasteiger partial charge >= 0.3 is 0 Å². The van der Waals surface area contributed by atoms with E-state index in [4.69, 9.17) is 4.98 Å². The van der Waals surface area contributed by atoms with E-state index in [0.29, 0.717) is 0 Å². The fourth-order valence-corrected chi connectivity index (χ4v) is 8.37. The first-order valence-corrected chi connectivity index (χ1v) is 11.3. The third-order valence-electron chi connectivity index (χ3n) is 5.81. The lowest BCUT2D eigenvalue weighted by molar-refractivity contribution is 1.38. The van der Waals surface area contributed by atoms with Crippen LogP contribution in [0.3, 0.4) is 0 Å². The summed E-state index contributed by atoms with van der Waals surface area (Å²) in [5.41, 5.74) is 4.05. The fraction of sp³-hybridized carbons (Fsp3) is 0.190. The number of aryl methyl sites for hydroxylation is 1. The van der Waals surface area contributed by atoms with E-state index in [2.05, 4.69) is 63.3 Å². The van der Waals surface area contributed by atoms with Gasteiger partial charge in [-0.05, 0) is 57.6 Å². The van der Waals surface area contributed by atoms with Gasteiger partial charge in [0.1, 0.15) is 8.07 Å². The lowest BCUT2D eigenvalue weighted by Crippen LogP contribution is -2.50. The maximum Gasteiger partial charge on any atom is 0.114 e. The van der Waals surface area contributed by atoms with Gasteiger partial charge in [0.25, 0.3) is 0 Å². The Morgan fingerprint density at radius 3 is 2.48 bits per heavy atom. The van der Waals surface area contributed by atoms with E-state index >= 15 is 0 Å². The SMILES string of the molecule is Cc1cc2c3cccnc3c3cccc4c3c2c(c1C)[Si]4(C)C. The molecule has 3 aromatic carbocycles. The van der Waals surface area contributed by atoms with Crippen molar-refractivity contribution in [3.63, 3.8) is 0 Å². The van der Waals surface area contributed by atoms with Gasteiger partial charge in [-0.3, -0.25) is 4.98 Å². The molecule has 5 rings (SSSR count). The number of fused-ring (bicyclic) bond motifs is 3. The Kier molecular flexibility index (Phi) is 2.31. The Balaban J connectivity index is 2.26. The minimum atomic E-state index is -1.65. The molecule has 0 aliphatic carbocycles. The second kappa shape index (κ2) is 4.01. The van der Waals surface area contributed by atoms with E-state index in [0.717, 1.165) is 5.52 Å². The number of benzene rings is 3. The van der Waals surface area contributed by atoms with Crippen LogP contribution in [-0.4, -0.2) is 13.1 Å². The highest BCUT2D eigenvalue weighted by molar-refractivity contribution is 7.06. The van der Waals surface area contributed by atoms with E-state index in [1.165, 1.54) is 38.1 Å². The van der Waals surface area contributed by atoms with Gasteiger partial charge in [0, 0.05) is 17.0 Å². The molecule has 1 nitrogen and oxygen atoms in total. The molecule has 0 fully saturated rings. The first-order valence-electron chi connectivity index (χ1n) is 8.26. The average Bonchev–Trinajstić information content (AvgIpc) is 2.79. The van der Waals surface area contributed by atoms with Crippen LogP contribution in [0, 0.1) is 13.8 Å². The predicted molar refractivity (Wildman–Crippen MR) is 103 cm³/mol. The molecule has 0 amide bonds. The molecule has 1 aliphatic rings. The zero-order chi connectivity index (χ0) is 15.9. The van der Waals surface area contributed by atoms with Crippen molar-refractivity contribution < 1.29 is 0 Å². The Morgan fingerprint density at radius 2 is 1.65 bits per heavy atom. The van der Waals surface area contributed by atoms with Crippen LogP contribution in [0.2, 0.25) is 13.1 Å². The third-order valence-corrected chi connectivity index (χ3v) is 9.45. The normalized spacial score (nSPS) is 15.3. The molecule has 1 aromatic heterocycles. The van der Waals surface area contributed by atoms with Crippen molar-refractivity contribution in [2.45, 2.75) is 26.9 Å². The highest BCUT2D eigenvalue weighted by Gasteiger charge is 2.38. The lowest BCUT2D eigenvalue weighted by Gasteiger charge is -2.22. The molecular formula is C21H19NSi. The number of nitrogens with zero attached hydrogens (tertiary/aromatic N) is 1. The molecule has 0 saturated carbocycles. The minimum Gasteiger partial charge on any atom is -0.256 e. The molecule has 0 saturated heterocycles. The molecule has 0 bridgehead atoms. The fourth-order valence-electron chi connectivity index (χ4n) is 4.68. The summed E-state index contributed by atoms with van der Waals surface area (Å²) in [4.78, 5) is 4.74. The van der Waals surface area contributed by atoms with Crippen molar-refractivity contribution in [2.24, 2.45) is 0 Å². The first-order chi connectivity index (χ1) is 11.0. The highest BCUT2D eigenvalue weighted by Crippen LogP contribution is 2.38. The van der Waals surface area contributed by atoms with E-state index in [9.17, 15) is 0 Å². The van der Waals surface area contributed by atoms with Crippen molar-refractivity contribution in [3.8, 4) is 0 Å². The summed E-state index contributed by atoms with van der Waals surface area (Å²) in [6.07, 6.45) is 1.92. The first kappa shape index (κ1) is 13.3. The van der Waals surface area contributed by atoms with E-state index in [1.54, 1.807) is 10.4 Å². The number of pyridine rings is 1. The molecule has 1 aliphatic heterocycles. The molecule has 0 spiro atoms. The van der Waals surface area contributed by atoms with Crippen LogP contribution in [0.4, 0.5) is 0 Å². The summed E-state index contributed by atoms with van der Waals surface area (Å²) in [5.74, 6) is 0. The standard InChI is InChI=1S/C21H19NSi/c1-12-11-16-14-8-6-10-22-20(14)15-7-5-9-17-18(15)19(16)21(13(12)2)23(17,3)4/h5-11H,1-4H3. The topological polar surface area (TPSA) is 12.9 Å². The molecule has 2 heteroatoms. The molecule has 0 unspecified atom stereocenters. The van der Waals surface area contributed by atoms with Gasteiger partial charge in [-0.15, -0.1) is 0 Å². The summed E-state index contributed by atoms with van der Waals surface area (Å²) in [6, 6.07) is 13.5. The van der Waals surface area contributed by atoms with Crippen LogP contribution < -0.4 is 10.4 Å². The van der Waals surface area contributed by atoms with Crippen LogP contribution >= 0.6 is 0 Å². The zero-order valence-corrected chi connectivity index (χ0v) is 15.0. The zero-order valence-electron chi connectivity index (χ0n) is 14.0. The largest absolute Gasteiger partial charge is 0.256 e. The van der Waals surface area contributed by atoms with Crippen LogP contribution in [0.25, 0.3) is 32.4 Å².